The molecule has 0 aliphatic rings. The van der Waals surface area contributed by atoms with Gasteiger partial charge in [-0.05, 0) is 14.0 Å². The van der Waals surface area contributed by atoms with Gasteiger partial charge < -0.3 is 10.5 Å². The van der Waals surface area contributed by atoms with Crippen LogP contribution in [0, 0.1) is 0 Å². The second kappa shape index (κ2) is 7.28. The molecule has 1 unspecified atom stereocenters. The van der Waals surface area contributed by atoms with E-state index in [2.05, 4.69) is 24.9 Å². The van der Waals surface area contributed by atoms with E-state index in [-0.39, 0.29) is 0 Å². The van der Waals surface area contributed by atoms with Crippen molar-refractivity contribution in [1.82, 2.24) is 4.90 Å². The molecule has 3 heteroatoms. The number of nitrogens with zero attached hydrogens (tertiary/aromatic N) is 1. The molecule has 2 N–H and O–H groups in total. The van der Waals surface area contributed by atoms with Gasteiger partial charge in [0.15, 0.2) is 0 Å². The van der Waals surface area contributed by atoms with E-state index in [9.17, 15) is 0 Å². The van der Waals surface area contributed by atoms with E-state index in [0.717, 1.165) is 13.2 Å². The molecule has 0 rings (SSSR count). The summed E-state index contributed by atoms with van der Waals surface area (Å²) < 4.78 is 5.04. The summed E-state index contributed by atoms with van der Waals surface area (Å²) in [4.78, 5) is 2.22. The highest BCUT2D eigenvalue weighted by atomic mass is 16.5. The summed E-state index contributed by atoms with van der Waals surface area (Å²) in [5.41, 5.74) is 5.32. The quantitative estimate of drug-likeness (QED) is 0.592. The van der Waals surface area contributed by atoms with Crippen molar-refractivity contribution >= 4 is 0 Å². The highest BCUT2D eigenvalue weighted by Gasteiger charge is 2.05. The Morgan fingerprint density at radius 1 is 1.50 bits per heavy atom. The van der Waals surface area contributed by atoms with Crippen LogP contribution in [0.25, 0.3) is 0 Å². The number of nitrogens with two attached hydrogens (primary N) is 1. The van der Waals surface area contributed by atoms with Crippen LogP contribution in [0.4, 0.5) is 0 Å². The smallest absolute Gasteiger partial charge is 0.0615 e. The van der Waals surface area contributed by atoms with Crippen molar-refractivity contribution in [1.29, 1.82) is 0 Å². The predicted octanol–water partition coefficient (Wildman–Crippen LogP) is 0.468. The number of hydrogen-bond donors (Lipinski definition) is 1. The van der Waals surface area contributed by atoms with Gasteiger partial charge in [0.25, 0.3) is 0 Å². The minimum Gasteiger partial charge on any atom is -0.383 e. The van der Waals surface area contributed by atoms with Crippen molar-refractivity contribution < 1.29 is 4.74 Å². The van der Waals surface area contributed by atoms with E-state index in [1.807, 2.05) is 6.08 Å². The molecule has 0 aliphatic carbocycles. The van der Waals surface area contributed by atoms with Gasteiger partial charge >= 0.3 is 0 Å². The molecule has 72 valence electrons. The van der Waals surface area contributed by atoms with Crippen molar-refractivity contribution in [2.45, 2.75) is 13.0 Å². The second-order valence-corrected chi connectivity index (χ2v) is 2.95. The molecule has 0 heterocycles. The predicted molar refractivity (Wildman–Crippen MR) is 52.2 cm³/mol. The van der Waals surface area contributed by atoms with E-state index in [1.54, 1.807) is 7.11 Å². The van der Waals surface area contributed by atoms with E-state index in [1.165, 1.54) is 0 Å². The molecule has 0 bridgehead atoms. The van der Waals surface area contributed by atoms with Crippen LogP contribution in [-0.4, -0.2) is 44.8 Å². The third kappa shape index (κ3) is 5.29. The number of hydrogen-bond acceptors (Lipinski definition) is 3. The van der Waals surface area contributed by atoms with Gasteiger partial charge in [0, 0.05) is 26.2 Å². The first-order chi connectivity index (χ1) is 5.72. The van der Waals surface area contributed by atoms with Gasteiger partial charge in [-0.25, -0.2) is 0 Å². The number of ether oxygens (including phenoxy) is 1. The highest BCUT2D eigenvalue weighted by molar-refractivity contribution is 4.85. The van der Waals surface area contributed by atoms with E-state index in [0.29, 0.717) is 12.6 Å². The van der Waals surface area contributed by atoms with Crippen molar-refractivity contribution in [3.8, 4) is 0 Å². The summed E-state index contributed by atoms with van der Waals surface area (Å²) in [6, 6.07) is 0.456. The Balaban J connectivity index is 3.55. The summed E-state index contributed by atoms with van der Waals surface area (Å²) in [5.74, 6) is 0. The first kappa shape index (κ1) is 11.6. The highest BCUT2D eigenvalue weighted by Crippen LogP contribution is 1.95. The van der Waals surface area contributed by atoms with Crippen molar-refractivity contribution in [2.75, 3.05) is 33.9 Å². The Morgan fingerprint density at radius 3 is 2.67 bits per heavy atom. The van der Waals surface area contributed by atoms with Crippen molar-refractivity contribution in [2.24, 2.45) is 5.73 Å². The normalized spacial score (nSPS) is 14.4. The molecule has 1 atom stereocenters. The fourth-order valence-electron chi connectivity index (χ4n) is 0.885. The van der Waals surface area contributed by atoms with Crippen LogP contribution < -0.4 is 5.73 Å². The van der Waals surface area contributed by atoms with E-state index >= 15 is 0 Å². The third-order valence-electron chi connectivity index (χ3n) is 1.86. The Morgan fingerprint density at radius 2 is 2.17 bits per heavy atom. The first-order valence-electron chi connectivity index (χ1n) is 4.26. The van der Waals surface area contributed by atoms with Gasteiger partial charge in [-0.1, -0.05) is 12.2 Å². The molecular formula is C9H20N2O. The molecule has 0 aromatic rings. The molecule has 0 aromatic heterocycles. The van der Waals surface area contributed by atoms with Crippen molar-refractivity contribution in [3.05, 3.63) is 12.2 Å². The lowest BCUT2D eigenvalue weighted by molar-refractivity contribution is 0.122. The maximum absolute atomic E-state index is 5.32. The van der Waals surface area contributed by atoms with Gasteiger partial charge in [0.2, 0.25) is 0 Å². The number of rotatable bonds is 6. The topological polar surface area (TPSA) is 38.5 Å². The third-order valence-corrected chi connectivity index (χ3v) is 1.86. The zero-order chi connectivity index (χ0) is 9.40. The largest absolute Gasteiger partial charge is 0.383 e. The van der Waals surface area contributed by atoms with Gasteiger partial charge in [-0.15, -0.1) is 0 Å². The molecule has 0 saturated carbocycles. The molecule has 0 amide bonds. The van der Waals surface area contributed by atoms with Crippen LogP contribution in [-0.2, 0) is 4.74 Å². The lowest BCUT2D eigenvalue weighted by atomic mass is 10.3. The Hall–Kier alpha value is -0.380. The van der Waals surface area contributed by atoms with E-state index in [4.69, 9.17) is 10.5 Å². The zero-order valence-electron chi connectivity index (χ0n) is 8.29. The fourth-order valence-corrected chi connectivity index (χ4v) is 0.885. The Kier molecular flexibility index (Phi) is 7.05. The maximum Gasteiger partial charge on any atom is 0.0615 e. The molecule has 0 radical (unpaired) electrons. The second-order valence-electron chi connectivity index (χ2n) is 2.95. The average Bonchev–Trinajstić information content (AvgIpc) is 2.05. The molecular weight excluding hydrogens is 152 g/mol. The lowest BCUT2D eigenvalue weighted by Crippen LogP contribution is -2.32. The number of likely N-dealkylation sites (N-methyl/N-ethyl adjacent to an activating group) is 1. The van der Waals surface area contributed by atoms with Crippen LogP contribution in [0.3, 0.4) is 0 Å². The molecule has 0 aromatic carbocycles. The molecule has 0 saturated heterocycles. The summed E-state index contributed by atoms with van der Waals surface area (Å²) in [7, 11) is 3.80. The van der Waals surface area contributed by atoms with Gasteiger partial charge in [0.1, 0.15) is 0 Å². The summed E-state index contributed by atoms with van der Waals surface area (Å²) >= 11 is 0. The fraction of sp³-hybridized carbons (Fsp3) is 0.778. The summed E-state index contributed by atoms with van der Waals surface area (Å²) in [5, 5.41) is 0. The summed E-state index contributed by atoms with van der Waals surface area (Å²) in [6.45, 7) is 4.46. The van der Waals surface area contributed by atoms with E-state index < -0.39 is 0 Å². The van der Waals surface area contributed by atoms with Crippen LogP contribution in [0.5, 0.6) is 0 Å². The summed E-state index contributed by atoms with van der Waals surface area (Å²) in [6.07, 6.45) is 4.04. The van der Waals surface area contributed by atoms with Gasteiger partial charge in [-0.2, -0.15) is 0 Å². The molecule has 0 spiro atoms. The lowest BCUT2D eigenvalue weighted by Gasteiger charge is -2.22. The number of methoxy groups -OCH3 is 1. The molecule has 0 aliphatic heterocycles. The monoisotopic (exact) mass is 172 g/mol. The molecule has 3 nitrogen and oxygen atoms in total. The van der Waals surface area contributed by atoms with Crippen molar-refractivity contribution in [3.63, 3.8) is 0 Å². The van der Waals surface area contributed by atoms with Crippen LogP contribution >= 0.6 is 0 Å². The molecule has 12 heavy (non-hydrogen) atoms. The molecule has 0 fully saturated rings. The van der Waals surface area contributed by atoms with Crippen LogP contribution in [0.1, 0.15) is 6.92 Å². The van der Waals surface area contributed by atoms with Crippen LogP contribution in [0.2, 0.25) is 0 Å². The minimum atomic E-state index is 0.456. The van der Waals surface area contributed by atoms with Crippen LogP contribution in [0.15, 0.2) is 12.2 Å². The SMILES string of the molecule is COCC(C)N(C)CC=CCN. The zero-order valence-corrected chi connectivity index (χ0v) is 8.29. The Labute approximate surface area is 75.2 Å². The van der Waals surface area contributed by atoms with Gasteiger partial charge in [-0.3, -0.25) is 4.90 Å². The maximum atomic E-state index is 5.32. The Bertz CT molecular complexity index is 126. The average molecular weight is 172 g/mol. The standard InChI is InChI=1S/C9H20N2O/c1-9(8-12-3)11(2)7-5-4-6-10/h4-5,9H,6-8,10H2,1-3H3. The first-order valence-corrected chi connectivity index (χ1v) is 4.26. The van der Waals surface area contributed by atoms with Gasteiger partial charge in [0.05, 0.1) is 6.61 Å². The minimum absolute atomic E-state index is 0.456.